The molecule has 0 aliphatic heterocycles. The van der Waals surface area contributed by atoms with E-state index in [2.05, 4.69) is 15.2 Å². The van der Waals surface area contributed by atoms with Gasteiger partial charge >= 0.3 is 0 Å². The average molecular weight is 554 g/mol. The predicted octanol–water partition coefficient (Wildman–Crippen LogP) is 4.44. The fraction of sp³-hybridized carbons (Fsp3) is 0.286. The average Bonchev–Trinajstić information content (AvgIpc) is 3.36. The van der Waals surface area contributed by atoms with E-state index in [0.29, 0.717) is 46.6 Å². The van der Waals surface area contributed by atoms with Gasteiger partial charge in [0.25, 0.3) is 10.0 Å². The lowest BCUT2D eigenvalue weighted by Gasteiger charge is -2.18. The zero-order chi connectivity index (χ0) is 28.2. The van der Waals surface area contributed by atoms with Crippen LogP contribution in [0.2, 0.25) is 0 Å². The van der Waals surface area contributed by atoms with E-state index in [1.807, 2.05) is 25.1 Å². The summed E-state index contributed by atoms with van der Waals surface area (Å²) in [5.41, 5.74) is 3.87. The third-order valence-corrected chi connectivity index (χ3v) is 7.55. The Kier molecular flexibility index (Phi) is 8.29. The number of nitrogens with one attached hydrogen (secondary N) is 2. The molecular formula is C28H31N3O7S. The normalized spacial score (nSPS) is 11.3. The first kappa shape index (κ1) is 27.8. The zero-order valence-corrected chi connectivity index (χ0v) is 23.3. The number of methoxy groups -OCH3 is 3. The highest BCUT2D eigenvalue weighted by Crippen LogP contribution is 2.37. The Labute approximate surface area is 227 Å². The largest absolute Gasteiger partial charge is 0.497 e. The van der Waals surface area contributed by atoms with Gasteiger partial charge in [0.1, 0.15) is 17.2 Å². The number of aryl methyl sites for hydroxylation is 1. The number of sulfonamides is 1. The molecule has 0 saturated heterocycles. The van der Waals surface area contributed by atoms with Crippen LogP contribution in [-0.2, 0) is 34.2 Å². The second-order valence-electron chi connectivity index (χ2n) is 8.88. The summed E-state index contributed by atoms with van der Waals surface area (Å²) in [5.74, 6) is 1.50. The van der Waals surface area contributed by atoms with E-state index >= 15 is 0 Å². The van der Waals surface area contributed by atoms with Crippen molar-refractivity contribution in [1.82, 2.24) is 10.5 Å². The van der Waals surface area contributed by atoms with E-state index in [1.165, 1.54) is 14.0 Å². The molecule has 0 aliphatic rings. The lowest BCUT2D eigenvalue weighted by atomic mass is 9.99. The summed E-state index contributed by atoms with van der Waals surface area (Å²) in [6, 6.07) is 14.3. The molecule has 4 aromatic rings. The number of benzene rings is 3. The van der Waals surface area contributed by atoms with E-state index in [0.717, 1.165) is 16.7 Å². The van der Waals surface area contributed by atoms with E-state index in [9.17, 15) is 13.2 Å². The molecule has 0 atom stereocenters. The Balaban J connectivity index is 1.73. The van der Waals surface area contributed by atoms with Crippen LogP contribution in [0.5, 0.6) is 17.2 Å². The van der Waals surface area contributed by atoms with Crippen molar-refractivity contribution in [2.24, 2.45) is 0 Å². The maximum atomic E-state index is 13.6. The molecule has 3 aromatic carbocycles. The number of rotatable bonds is 11. The van der Waals surface area contributed by atoms with Crippen molar-refractivity contribution < 1.29 is 31.9 Å². The predicted molar refractivity (Wildman–Crippen MR) is 147 cm³/mol. The van der Waals surface area contributed by atoms with Crippen molar-refractivity contribution in [3.8, 4) is 17.2 Å². The van der Waals surface area contributed by atoms with Crippen LogP contribution < -0.4 is 24.2 Å². The molecule has 1 aromatic heterocycles. The Bertz CT molecular complexity index is 1610. The number of fused-ring (bicyclic) bond motifs is 1. The van der Waals surface area contributed by atoms with E-state index < -0.39 is 10.0 Å². The standard InChI is InChI=1S/C28H31N3O7S/c1-6-18-11-21(14-20-8-9-22(35-3)15-26(20)36-4)27(37-5)24(13-18)31-39(33,34)28-23-12-19(16-29-17(2)32)7-10-25(23)38-30-28/h7-13,15,31H,6,14,16H2,1-5H3,(H,29,32). The minimum Gasteiger partial charge on any atom is -0.497 e. The van der Waals surface area contributed by atoms with Gasteiger partial charge in [-0.25, -0.2) is 0 Å². The molecule has 11 heteroatoms. The van der Waals surface area contributed by atoms with Crippen molar-refractivity contribution >= 4 is 32.6 Å². The molecule has 0 spiro atoms. The van der Waals surface area contributed by atoms with Crippen molar-refractivity contribution in [2.75, 3.05) is 26.1 Å². The number of hydrogen-bond donors (Lipinski definition) is 2. The molecule has 10 nitrogen and oxygen atoms in total. The van der Waals surface area contributed by atoms with Gasteiger partial charge in [-0.05, 0) is 47.4 Å². The topological polar surface area (TPSA) is 129 Å². The van der Waals surface area contributed by atoms with E-state index in [1.54, 1.807) is 44.6 Å². The van der Waals surface area contributed by atoms with Crippen molar-refractivity contribution in [1.29, 1.82) is 0 Å². The molecule has 2 N–H and O–H groups in total. The molecule has 0 aliphatic carbocycles. The third kappa shape index (κ3) is 6.09. The van der Waals surface area contributed by atoms with Crippen molar-refractivity contribution in [3.05, 3.63) is 70.8 Å². The number of nitrogens with zero attached hydrogens (tertiary/aromatic N) is 1. The summed E-state index contributed by atoms with van der Waals surface area (Å²) >= 11 is 0. The number of anilines is 1. The second-order valence-corrected chi connectivity index (χ2v) is 10.5. The number of carbonyl (C=O) groups is 1. The summed E-state index contributed by atoms with van der Waals surface area (Å²) in [4.78, 5) is 11.3. The van der Waals surface area contributed by atoms with Crippen LogP contribution in [0.4, 0.5) is 5.69 Å². The Morgan fingerprint density at radius 1 is 0.949 bits per heavy atom. The smallest absolute Gasteiger partial charge is 0.283 e. The van der Waals surface area contributed by atoms with Gasteiger partial charge in [-0.15, -0.1) is 0 Å². The second kappa shape index (κ2) is 11.6. The van der Waals surface area contributed by atoms with Crippen LogP contribution in [-0.4, -0.2) is 40.8 Å². The maximum absolute atomic E-state index is 13.6. The van der Waals surface area contributed by atoms with Gasteiger partial charge in [0, 0.05) is 31.5 Å². The first-order chi connectivity index (χ1) is 18.7. The summed E-state index contributed by atoms with van der Waals surface area (Å²) in [7, 11) is 0.487. The third-order valence-electron chi connectivity index (χ3n) is 6.25. The number of hydrogen-bond acceptors (Lipinski definition) is 8. The van der Waals surface area contributed by atoms with E-state index in [-0.39, 0.29) is 23.2 Å². The van der Waals surface area contributed by atoms with Gasteiger partial charge in [0.2, 0.25) is 10.9 Å². The monoisotopic (exact) mass is 553 g/mol. The van der Waals surface area contributed by atoms with Crippen LogP contribution in [0, 0.1) is 0 Å². The SMILES string of the molecule is CCc1cc(Cc2ccc(OC)cc2OC)c(OC)c(NS(=O)(=O)c2noc3ccc(CNC(C)=O)cc23)c1. The Morgan fingerprint density at radius 3 is 2.41 bits per heavy atom. The molecule has 0 unspecified atom stereocenters. The van der Waals surface area contributed by atoms with Crippen LogP contribution in [0.3, 0.4) is 0 Å². The highest BCUT2D eigenvalue weighted by molar-refractivity contribution is 7.92. The molecule has 0 fully saturated rings. The van der Waals surface area contributed by atoms with Gasteiger partial charge in [0.05, 0.1) is 32.4 Å². The van der Waals surface area contributed by atoms with Crippen molar-refractivity contribution in [2.45, 2.75) is 38.3 Å². The fourth-order valence-electron chi connectivity index (χ4n) is 4.30. The molecule has 1 heterocycles. The Hall–Kier alpha value is -4.25. The van der Waals surface area contributed by atoms with Gasteiger partial charge in [0.15, 0.2) is 5.58 Å². The van der Waals surface area contributed by atoms with Crippen LogP contribution >= 0.6 is 0 Å². The summed E-state index contributed by atoms with van der Waals surface area (Å²) in [6.45, 7) is 3.64. The number of carbonyl (C=O) groups excluding carboxylic acids is 1. The van der Waals surface area contributed by atoms with Gasteiger partial charge in [-0.2, -0.15) is 8.42 Å². The summed E-state index contributed by atoms with van der Waals surface area (Å²) < 4.78 is 51.7. The summed E-state index contributed by atoms with van der Waals surface area (Å²) in [6.07, 6.45) is 1.10. The first-order valence-electron chi connectivity index (χ1n) is 12.2. The minimum absolute atomic E-state index is 0.194. The highest BCUT2D eigenvalue weighted by atomic mass is 32.2. The molecule has 39 heavy (non-hydrogen) atoms. The quantitative estimate of drug-likeness (QED) is 0.279. The molecule has 0 bridgehead atoms. The Morgan fingerprint density at radius 2 is 1.74 bits per heavy atom. The number of ether oxygens (including phenoxy) is 3. The molecule has 4 rings (SSSR count). The maximum Gasteiger partial charge on any atom is 0.283 e. The number of aromatic nitrogens is 1. The van der Waals surface area contributed by atoms with Crippen LogP contribution in [0.15, 0.2) is 58.1 Å². The lowest BCUT2D eigenvalue weighted by molar-refractivity contribution is -0.119. The molecular weight excluding hydrogens is 522 g/mol. The van der Waals surface area contributed by atoms with Gasteiger partial charge in [-0.1, -0.05) is 30.3 Å². The fourth-order valence-corrected chi connectivity index (χ4v) is 5.42. The van der Waals surface area contributed by atoms with Crippen LogP contribution in [0.25, 0.3) is 11.0 Å². The number of amides is 1. The highest BCUT2D eigenvalue weighted by Gasteiger charge is 2.26. The minimum atomic E-state index is -4.18. The van der Waals surface area contributed by atoms with Crippen molar-refractivity contribution in [3.63, 3.8) is 0 Å². The van der Waals surface area contributed by atoms with Gasteiger partial charge < -0.3 is 24.1 Å². The molecule has 1 amide bonds. The lowest BCUT2D eigenvalue weighted by Crippen LogP contribution is -2.18. The zero-order valence-electron chi connectivity index (χ0n) is 22.5. The molecule has 0 saturated carbocycles. The van der Waals surface area contributed by atoms with Gasteiger partial charge in [-0.3, -0.25) is 9.52 Å². The van der Waals surface area contributed by atoms with Crippen LogP contribution in [0.1, 0.15) is 36.1 Å². The molecule has 206 valence electrons. The summed E-state index contributed by atoms with van der Waals surface area (Å²) in [5, 5.41) is 6.59. The van der Waals surface area contributed by atoms with E-state index in [4.69, 9.17) is 18.7 Å². The molecule has 0 radical (unpaired) electrons. The first-order valence-corrected chi connectivity index (χ1v) is 13.7.